The summed E-state index contributed by atoms with van der Waals surface area (Å²) in [4.78, 5) is 12.1. The van der Waals surface area contributed by atoms with Crippen LogP contribution in [0.5, 0.6) is 11.5 Å². The van der Waals surface area contributed by atoms with E-state index < -0.39 is 6.10 Å². The van der Waals surface area contributed by atoms with Crippen molar-refractivity contribution in [2.24, 2.45) is 0 Å². The van der Waals surface area contributed by atoms with Gasteiger partial charge in [0.25, 0.3) is 5.91 Å². The van der Waals surface area contributed by atoms with Crippen molar-refractivity contribution in [3.63, 3.8) is 0 Å². The summed E-state index contributed by atoms with van der Waals surface area (Å²) in [6, 6.07) is 17.0. The fraction of sp³-hybridized carbons (Fsp3) is 0.316. The first kappa shape index (κ1) is 16.9. The quantitative estimate of drug-likeness (QED) is 0.850. The van der Waals surface area contributed by atoms with E-state index in [1.807, 2.05) is 68.4 Å². The molecule has 0 spiro atoms. The fourth-order valence-electron chi connectivity index (χ4n) is 2.05. The van der Waals surface area contributed by atoms with Crippen LogP contribution < -0.4 is 14.8 Å². The molecule has 0 saturated heterocycles. The standard InChI is InChI=1S/C19H23NO3/c1-14(2)22-18-11-9-16(10-12-18)13-20-19(21)15(3)23-17-7-5-4-6-8-17/h4-12,14-15H,13H2,1-3H3,(H,20,21)/t15-/m0/s1. The van der Waals surface area contributed by atoms with Crippen LogP contribution in [-0.2, 0) is 11.3 Å². The molecule has 1 N–H and O–H groups in total. The summed E-state index contributed by atoms with van der Waals surface area (Å²) in [6.45, 7) is 6.18. The van der Waals surface area contributed by atoms with Crippen molar-refractivity contribution in [3.8, 4) is 11.5 Å². The zero-order chi connectivity index (χ0) is 16.7. The second-order valence-corrected chi connectivity index (χ2v) is 5.60. The van der Waals surface area contributed by atoms with E-state index in [1.165, 1.54) is 0 Å². The summed E-state index contributed by atoms with van der Waals surface area (Å²) in [6.07, 6.45) is -0.391. The topological polar surface area (TPSA) is 47.6 Å². The Morgan fingerprint density at radius 2 is 1.52 bits per heavy atom. The Hall–Kier alpha value is -2.49. The summed E-state index contributed by atoms with van der Waals surface area (Å²) in [5.74, 6) is 1.37. The predicted octanol–water partition coefficient (Wildman–Crippen LogP) is 3.56. The lowest BCUT2D eigenvalue weighted by atomic mass is 10.2. The Labute approximate surface area is 137 Å². The molecule has 0 radical (unpaired) electrons. The first-order valence-electron chi connectivity index (χ1n) is 7.79. The van der Waals surface area contributed by atoms with Crippen LogP contribution in [0.2, 0.25) is 0 Å². The highest BCUT2D eigenvalue weighted by atomic mass is 16.5. The Bertz CT molecular complexity index is 608. The molecule has 1 atom stereocenters. The van der Waals surface area contributed by atoms with Crippen molar-refractivity contribution in [2.75, 3.05) is 0 Å². The summed E-state index contributed by atoms with van der Waals surface area (Å²) < 4.78 is 11.2. The van der Waals surface area contributed by atoms with Gasteiger partial charge in [0, 0.05) is 6.54 Å². The molecule has 0 bridgehead atoms. The molecule has 0 aliphatic rings. The molecule has 4 nitrogen and oxygen atoms in total. The average Bonchev–Trinajstić information content (AvgIpc) is 2.54. The second-order valence-electron chi connectivity index (χ2n) is 5.60. The van der Waals surface area contributed by atoms with Crippen LogP contribution in [0.25, 0.3) is 0 Å². The molecule has 0 unspecified atom stereocenters. The third-order valence-electron chi connectivity index (χ3n) is 3.19. The molecule has 0 aromatic heterocycles. The van der Waals surface area contributed by atoms with Gasteiger partial charge in [-0.2, -0.15) is 0 Å². The smallest absolute Gasteiger partial charge is 0.261 e. The minimum Gasteiger partial charge on any atom is -0.491 e. The van der Waals surface area contributed by atoms with Crippen molar-refractivity contribution >= 4 is 5.91 Å². The normalized spacial score (nSPS) is 11.8. The van der Waals surface area contributed by atoms with Gasteiger partial charge < -0.3 is 14.8 Å². The molecule has 0 aliphatic carbocycles. The lowest BCUT2D eigenvalue weighted by Crippen LogP contribution is -2.35. The molecule has 1 amide bonds. The number of benzene rings is 2. The highest BCUT2D eigenvalue weighted by molar-refractivity contribution is 5.80. The van der Waals surface area contributed by atoms with Crippen LogP contribution in [0.3, 0.4) is 0 Å². The van der Waals surface area contributed by atoms with Gasteiger partial charge in [-0.25, -0.2) is 0 Å². The number of para-hydroxylation sites is 1. The van der Waals surface area contributed by atoms with Crippen molar-refractivity contribution in [2.45, 2.75) is 39.5 Å². The van der Waals surface area contributed by atoms with E-state index in [1.54, 1.807) is 6.92 Å². The summed E-state index contributed by atoms with van der Waals surface area (Å²) in [7, 11) is 0. The predicted molar refractivity (Wildman–Crippen MR) is 90.6 cm³/mol. The number of carbonyl (C=O) groups excluding carboxylic acids is 1. The van der Waals surface area contributed by atoms with Gasteiger partial charge in [0.2, 0.25) is 0 Å². The Kier molecular flexibility index (Phi) is 6.03. The molecule has 2 rings (SSSR count). The number of hydrogen-bond donors (Lipinski definition) is 1. The van der Waals surface area contributed by atoms with E-state index in [0.717, 1.165) is 11.3 Å². The van der Waals surface area contributed by atoms with Gasteiger partial charge in [0.05, 0.1) is 6.10 Å². The van der Waals surface area contributed by atoms with E-state index in [2.05, 4.69) is 5.32 Å². The maximum Gasteiger partial charge on any atom is 0.261 e. The largest absolute Gasteiger partial charge is 0.491 e. The fourth-order valence-corrected chi connectivity index (χ4v) is 2.05. The van der Waals surface area contributed by atoms with Gasteiger partial charge in [-0.05, 0) is 50.6 Å². The van der Waals surface area contributed by atoms with Crippen LogP contribution in [0.15, 0.2) is 54.6 Å². The number of ether oxygens (including phenoxy) is 2. The van der Waals surface area contributed by atoms with Gasteiger partial charge >= 0.3 is 0 Å². The molecule has 2 aromatic rings. The summed E-state index contributed by atoms with van der Waals surface area (Å²) in [5, 5.41) is 2.87. The van der Waals surface area contributed by atoms with Crippen LogP contribution in [-0.4, -0.2) is 18.1 Å². The van der Waals surface area contributed by atoms with Crippen molar-refractivity contribution in [1.29, 1.82) is 0 Å². The average molecular weight is 313 g/mol. The SMILES string of the molecule is CC(C)Oc1ccc(CNC(=O)[C@H](C)Oc2ccccc2)cc1. The monoisotopic (exact) mass is 313 g/mol. The van der Waals surface area contributed by atoms with Crippen molar-refractivity contribution < 1.29 is 14.3 Å². The minimum atomic E-state index is -0.541. The third-order valence-corrected chi connectivity index (χ3v) is 3.19. The van der Waals surface area contributed by atoms with Crippen LogP contribution >= 0.6 is 0 Å². The minimum absolute atomic E-state index is 0.142. The molecule has 0 saturated carbocycles. The molecular formula is C19H23NO3. The van der Waals surface area contributed by atoms with Crippen LogP contribution in [0.1, 0.15) is 26.3 Å². The summed E-state index contributed by atoms with van der Waals surface area (Å²) in [5.41, 5.74) is 1.02. The van der Waals surface area contributed by atoms with Gasteiger partial charge in [-0.3, -0.25) is 4.79 Å². The number of hydrogen-bond acceptors (Lipinski definition) is 3. The second kappa shape index (κ2) is 8.22. The van der Waals surface area contributed by atoms with Gasteiger partial charge in [0.1, 0.15) is 11.5 Å². The van der Waals surface area contributed by atoms with Gasteiger partial charge in [-0.15, -0.1) is 0 Å². The van der Waals surface area contributed by atoms with E-state index in [-0.39, 0.29) is 12.0 Å². The Morgan fingerprint density at radius 1 is 0.913 bits per heavy atom. The Morgan fingerprint density at radius 3 is 2.13 bits per heavy atom. The zero-order valence-electron chi connectivity index (χ0n) is 13.8. The molecule has 2 aromatic carbocycles. The number of amides is 1. The molecule has 0 fully saturated rings. The maximum atomic E-state index is 12.1. The number of rotatable bonds is 7. The molecule has 122 valence electrons. The van der Waals surface area contributed by atoms with E-state index in [4.69, 9.17) is 9.47 Å². The molecule has 0 aliphatic heterocycles. The maximum absolute atomic E-state index is 12.1. The lowest BCUT2D eigenvalue weighted by molar-refractivity contribution is -0.127. The third kappa shape index (κ3) is 5.66. The molecule has 0 heterocycles. The van der Waals surface area contributed by atoms with Crippen molar-refractivity contribution in [3.05, 3.63) is 60.2 Å². The van der Waals surface area contributed by atoms with Crippen LogP contribution in [0.4, 0.5) is 0 Å². The lowest BCUT2D eigenvalue weighted by Gasteiger charge is -2.15. The van der Waals surface area contributed by atoms with Gasteiger partial charge in [-0.1, -0.05) is 30.3 Å². The Balaban J connectivity index is 1.81. The van der Waals surface area contributed by atoms with Crippen LogP contribution in [0, 0.1) is 0 Å². The summed E-state index contributed by atoms with van der Waals surface area (Å²) >= 11 is 0. The van der Waals surface area contributed by atoms with E-state index >= 15 is 0 Å². The first-order valence-corrected chi connectivity index (χ1v) is 7.79. The number of carbonyl (C=O) groups is 1. The zero-order valence-corrected chi connectivity index (χ0v) is 13.8. The number of nitrogens with one attached hydrogen (secondary N) is 1. The molecule has 4 heteroatoms. The first-order chi connectivity index (χ1) is 11.0. The molecular weight excluding hydrogens is 290 g/mol. The van der Waals surface area contributed by atoms with Crippen molar-refractivity contribution in [1.82, 2.24) is 5.32 Å². The van der Waals surface area contributed by atoms with E-state index in [9.17, 15) is 4.79 Å². The highest BCUT2D eigenvalue weighted by Crippen LogP contribution is 2.14. The van der Waals surface area contributed by atoms with E-state index in [0.29, 0.717) is 12.3 Å². The van der Waals surface area contributed by atoms with Gasteiger partial charge in [0.15, 0.2) is 6.10 Å². The molecule has 23 heavy (non-hydrogen) atoms. The highest BCUT2D eigenvalue weighted by Gasteiger charge is 2.14.